The van der Waals surface area contributed by atoms with Crippen LogP contribution in [0.2, 0.25) is 0 Å². The van der Waals surface area contributed by atoms with Gasteiger partial charge in [0, 0.05) is 17.1 Å². The van der Waals surface area contributed by atoms with Crippen LogP contribution in [0.1, 0.15) is 27.3 Å². The first-order valence-corrected chi connectivity index (χ1v) is 8.17. The molecule has 3 rings (SSSR count). The Morgan fingerprint density at radius 1 is 0.923 bits per heavy atom. The molecule has 1 aromatic heterocycles. The number of aryl methyl sites for hydroxylation is 3. The molecule has 3 aromatic rings. The van der Waals surface area contributed by atoms with Crippen molar-refractivity contribution in [2.75, 3.05) is 10.6 Å². The minimum atomic E-state index is -0.426. The van der Waals surface area contributed by atoms with Crippen LogP contribution in [0.4, 0.5) is 21.7 Å². The molecule has 0 atom stereocenters. The quantitative estimate of drug-likeness (QED) is 0.725. The molecule has 0 fully saturated rings. The van der Waals surface area contributed by atoms with Gasteiger partial charge in [-0.25, -0.2) is 14.4 Å². The lowest BCUT2D eigenvalue weighted by Gasteiger charge is -2.10. The topological polar surface area (TPSA) is 66.9 Å². The van der Waals surface area contributed by atoms with Crippen LogP contribution in [-0.4, -0.2) is 15.9 Å². The van der Waals surface area contributed by atoms with Gasteiger partial charge < -0.3 is 10.6 Å². The number of anilines is 3. The molecule has 132 valence electrons. The molecule has 0 spiro atoms. The third kappa shape index (κ3) is 4.42. The Bertz CT molecular complexity index is 952. The summed E-state index contributed by atoms with van der Waals surface area (Å²) in [7, 11) is 0. The molecule has 0 aliphatic heterocycles. The van der Waals surface area contributed by atoms with Gasteiger partial charge in [-0.3, -0.25) is 4.79 Å². The number of nitrogens with zero attached hydrogens (tertiary/aromatic N) is 2. The number of aromatic nitrogens is 2. The van der Waals surface area contributed by atoms with Crippen molar-refractivity contribution in [2.24, 2.45) is 0 Å². The Balaban J connectivity index is 1.83. The van der Waals surface area contributed by atoms with E-state index < -0.39 is 11.7 Å². The zero-order chi connectivity index (χ0) is 18.7. The number of carbonyl (C=O) groups is 1. The van der Waals surface area contributed by atoms with Gasteiger partial charge in [0.2, 0.25) is 5.95 Å². The van der Waals surface area contributed by atoms with Gasteiger partial charge >= 0.3 is 0 Å². The summed E-state index contributed by atoms with van der Waals surface area (Å²) in [5.41, 5.74) is 4.30. The third-order valence-electron chi connectivity index (χ3n) is 3.65. The standard InChI is InChI=1S/C20H19FN4O/c1-12-7-13(2)9-17(8-12)24-20-22-14(3)10-18(25-20)19(26)23-16-6-4-5-15(21)11-16/h4-11H,1-3H3,(H,23,26)(H,22,24,25). The lowest BCUT2D eigenvalue weighted by Crippen LogP contribution is -2.15. The fourth-order valence-corrected chi connectivity index (χ4v) is 2.68. The second kappa shape index (κ2) is 7.31. The zero-order valence-electron chi connectivity index (χ0n) is 14.8. The fraction of sp³-hybridized carbons (Fsp3) is 0.150. The highest BCUT2D eigenvalue weighted by molar-refractivity contribution is 6.03. The summed E-state index contributed by atoms with van der Waals surface area (Å²) in [6.45, 7) is 5.80. The van der Waals surface area contributed by atoms with Crippen molar-refractivity contribution in [3.05, 3.63) is 76.9 Å². The van der Waals surface area contributed by atoms with Crippen molar-refractivity contribution in [2.45, 2.75) is 20.8 Å². The molecule has 2 aromatic carbocycles. The first-order valence-electron chi connectivity index (χ1n) is 8.17. The molecule has 0 saturated heterocycles. The van der Waals surface area contributed by atoms with E-state index in [1.165, 1.54) is 18.2 Å². The predicted molar refractivity (Wildman–Crippen MR) is 100 cm³/mol. The lowest BCUT2D eigenvalue weighted by atomic mass is 10.1. The molecule has 0 aliphatic rings. The summed E-state index contributed by atoms with van der Waals surface area (Å²) in [6, 6.07) is 13.3. The molecule has 1 amide bonds. The third-order valence-corrected chi connectivity index (χ3v) is 3.65. The van der Waals surface area contributed by atoms with Crippen LogP contribution >= 0.6 is 0 Å². The maximum atomic E-state index is 13.3. The predicted octanol–water partition coefficient (Wildman–Crippen LogP) is 4.54. The molecule has 0 unspecified atom stereocenters. The van der Waals surface area contributed by atoms with Gasteiger partial charge in [-0.1, -0.05) is 12.1 Å². The molecule has 0 radical (unpaired) electrons. The SMILES string of the molecule is Cc1cc(C)cc(Nc2nc(C)cc(C(=O)Nc3cccc(F)c3)n2)c1. The van der Waals surface area contributed by atoms with E-state index in [4.69, 9.17) is 0 Å². The minimum absolute atomic E-state index is 0.202. The van der Waals surface area contributed by atoms with Crippen molar-refractivity contribution >= 4 is 23.2 Å². The van der Waals surface area contributed by atoms with E-state index in [-0.39, 0.29) is 5.69 Å². The summed E-state index contributed by atoms with van der Waals surface area (Å²) in [5.74, 6) is -0.511. The van der Waals surface area contributed by atoms with Crippen LogP contribution < -0.4 is 10.6 Å². The van der Waals surface area contributed by atoms with Gasteiger partial charge in [-0.2, -0.15) is 0 Å². The number of rotatable bonds is 4. The van der Waals surface area contributed by atoms with Crippen LogP contribution in [0.5, 0.6) is 0 Å². The average molecular weight is 350 g/mol. The Labute approximate surface area is 151 Å². The second-order valence-corrected chi connectivity index (χ2v) is 6.18. The molecule has 0 aliphatic carbocycles. The average Bonchev–Trinajstić information content (AvgIpc) is 2.53. The number of hydrogen-bond acceptors (Lipinski definition) is 4. The van der Waals surface area contributed by atoms with E-state index in [2.05, 4.69) is 26.7 Å². The molecular formula is C20H19FN4O. The smallest absolute Gasteiger partial charge is 0.274 e. The fourth-order valence-electron chi connectivity index (χ4n) is 2.68. The second-order valence-electron chi connectivity index (χ2n) is 6.18. The molecule has 2 N–H and O–H groups in total. The van der Waals surface area contributed by atoms with Crippen molar-refractivity contribution in [3.63, 3.8) is 0 Å². The Morgan fingerprint density at radius 2 is 1.65 bits per heavy atom. The van der Waals surface area contributed by atoms with Gasteiger partial charge in [0.25, 0.3) is 5.91 Å². The van der Waals surface area contributed by atoms with E-state index in [0.717, 1.165) is 16.8 Å². The summed E-state index contributed by atoms with van der Waals surface area (Å²) in [6.07, 6.45) is 0. The molecule has 5 nitrogen and oxygen atoms in total. The summed E-state index contributed by atoms with van der Waals surface area (Å²) < 4.78 is 13.3. The van der Waals surface area contributed by atoms with E-state index in [1.54, 1.807) is 19.1 Å². The van der Waals surface area contributed by atoms with Crippen molar-refractivity contribution < 1.29 is 9.18 Å². The maximum Gasteiger partial charge on any atom is 0.274 e. The molecular weight excluding hydrogens is 331 g/mol. The van der Waals surface area contributed by atoms with Gasteiger partial charge in [0.1, 0.15) is 11.5 Å². The highest BCUT2D eigenvalue weighted by atomic mass is 19.1. The molecule has 0 saturated carbocycles. The summed E-state index contributed by atoms with van der Waals surface area (Å²) >= 11 is 0. The first-order chi connectivity index (χ1) is 12.4. The van der Waals surface area contributed by atoms with E-state index in [9.17, 15) is 9.18 Å². The highest BCUT2D eigenvalue weighted by Gasteiger charge is 2.12. The maximum absolute atomic E-state index is 13.3. The van der Waals surface area contributed by atoms with Gasteiger partial charge in [-0.05, 0) is 68.3 Å². The molecule has 1 heterocycles. The monoisotopic (exact) mass is 350 g/mol. The number of benzene rings is 2. The highest BCUT2D eigenvalue weighted by Crippen LogP contribution is 2.18. The van der Waals surface area contributed by atoms with Crippen LogP contribution in [0.3, 0.4) is 0 Å². The van der Waals surface area contributed by atoms with Gasteiger partial charge in [0.05, 0.1) is 0 Å². The summed E-state index contributed by atoms with van der Waals surface area (Å²) in [4.78, 5) is 21.0. The Morgan fingerprint density at radius 3 is 2.35 bits per heavy atom. The largest absolute Gasteiger partial charge is 0.324 e. The molecule has 0 bridgehead atoms. The lowest BCUT2D eigenvalue weighted by molar-refractivity contribution is 0.102. The van der Waals surface area contributed by atoms with Crippen LogP contribution in [0, 0.1) is 26.6 Å². The van der Waals surface area contributed by atoms with Crippen molar-refractivity contribution in [3.8, 4) is 0 Å². The summed E-state index contributed by atoms with van der Waals surface area (Å²) in [5, 5.41) is 5.77. The molecule has 6 heteroatoms. The number of halogens is 1. The van der Waals surface area contributed by atoms with Crippen LogP contribution in [0.25, 0.3) is 0 Å². The van der Waals surface area contributed by atoms with Gasteiger partial charge in [0.15, 0.2) is 0 Å². The van der Waals surface area contributed by atoms with Crippen LogP contribution in [-0.2, 0) is 0 Å². The van der Waals surface area contributed by atoms with Crippen molar-refractivity contribution in [1.29, 1.82) is 0 Å². The zero-order valence-corrected chi connectivity index (χ0v) is 14.8. The Kier molecular flexibility index (Phi) is 4.93. The Hall–Kier alpha value is -3.28. The molecule has 26 heavy (non-hydrogen) atoms. The first kappa shape index (κ1) is 17.5. The normalized spacial score (nSPS) is 10.5. The number of nitrogens with one attached hydrogen (secondary N) is 2. The van der Waals surface area contributed by atoms with E-state index in [0.29, 0.717) is 17.3 Å². The van der Waals surface area contributed by atoms with E-state index >= 15 is 0 Å². The van der Waals surface area contributed by atoms with Crippen molar-refractivity contribution in [1.82, 2.24) is 9.97 Å². The van der Waals surface area contributed by atoms with Crippen LogP contribution in [0.15, 0.2) is 48.5 Å². The minimum Gasteiger partial charge on any atom is -0.324 e. The van der Waals surface area contributed by atoms with E-state index in [1.807, 2.05) is 26.0 Å². The van der Waals surface area contributed by atoms with Gasteiger partial charge in [-0.15, -0.1) is 0 Å². The number of carbonyl (C=O) groups excluding carboxylic acids is 1. The number of hydrogen-bond donors (Lipinski definition) is 2. The number of amides is 1.